The lowest BCUT2D eigenvalue weighted by Crippen LogP contribution is -2.47. The van der Waals surface area contributed by atoms with E-state index in [1.807, 2.05) is 0 Å². The van der Waals surface area contributed by atoms with Gasteiger partial charge in [0.2, 0.25) is 5.91 Å². The first-order valence-corrected chi connectivity index (χ1v) is 6.35. The number of methoxy groups -OCH3 is 1. The fourth-order valence-corrected chi connectivity index (χ4v) is 1.99. The number of nitrogens with one attached hydrogen (secondary N) is 2. The summed E-state index contributed by atoms with van der Waals surface area (Å²) >= 11 is 0. The Kier molecular flexibility index (Phi) is 6.27. The van der Waals surface area contributed by atoms with Crippen LogP contribution in [-0.4, -0.2) is 49.2 Å². The molecule has 0 aromatic heterocycles. The normalized spacial score (nSPS) is 20.4. The number of esters is 1. The summed E-state index contributed by atoms with van der Waals surface area (Å²) in [6, 6.07) is -1.05. The number of carbonyl (C=O) groups excluding carboxylic acids is 2. The van der Waals surface area contributed by atoms with E-state index in [-0.39, 0.29) is 24.7 Å². The van der Waals surface area contributed by atoms with Crippen LogP contribution >= 0.6 is 0 Å². The number of carboxylic acid groups (broad SMARTS) is 1. The second kappa shape index (κ2) is 7.73. The minimum Gasteiger partial charge on any atom is -0.480 e. The Morgan fingerprint density at radius 2 is 2.21 bits per heavy atom. The van der Waals surface area contributed by atoms with Crippen molar-refractivity contribution in [2.24, 2.45) is 5.92 Å². The third-order valence-corrected chi connectivity index (χ3v) is 3.15. The number of carbonyl (C=O) groups is 3. The average Bonchev–Trinajstić information content (AvgIpc) is 2.43. The Hall–Kier alpha value is -1.63. The second-order valence-electron chi connectivity index (χ2n) is 4.56. The van der Waals surface area contributed by atoms with Crippen LogP contribution < -0.4 is 10.6 Å². The summed E-state index contributed by atoms with van der Waals surface area (Å²) < 4.78 is 4.45. The molecule has 1 aliphatic rings. The highest BCUT2D eigenvalue weighted by Gasteiger charge is 2.26. The number of hydrogen-bond acceptors (Lipinski definition) is 5. The monoisotopic (exact) mass is 272 g/mol. The predicted octanol–water partition coefficient (Wildman–Crippen LogP) is -0.491. The van der Waals surface area contributed by atoms with E-state index in [0.29, 0.717) is 6.54 Å². The molecule has 1 fully saturated rings. The fraction of sp³-hybridized carbons (Fsp3) is 0.750. The van der Waals surface area contributed by atoms with Crippen LogP contribution in [0.1, 0.15) is 25.7 Å². The molecular weight excluding hydrogens is 252 g/mol. The van der Waals surface area contributed by atoms with Gasteiger partial charge in [0.25, 0.3) is 0 Å². The molecule has 19 heavy (non-hydrogen) atoms. The van der Waals surface area contributed by atoms with Gasteiger partial charge in [-0.3, -0.25) is 9.59 Å². The molecule has 1 aliphatic heterocycles. The van der Waals surface area contributed by atoms with Gasteiger partial charge in [-0.05, 0) is 25.8 Å². The van der Waals surface area contributed by atoms with Gasteiger partial charge in [0.1, 0.15) is 6.04 Å². The topological polar surface area (TPSA) is 105 Å². The number of carboxylic acids is 1. The first-order valence-electron chi connectivity index (χ1n) is 6.35. The molecule has 0 unspecified atom stereocenters. The van der Waals surface area contributed by atoms with E-state index >= 15 is 0 Å². The second-order valence-corrected chi connectivity index (χ2v) is 4.56. The van der Waals surface area contributed by atoms with Crippen LogP contribution in [0.3, 0.4) is 0 Å². The largest absolute Gasteiger partial charge is 0.480 e. The van der Waals surface area contributed by atoms with Crippen molar-refractivity contribution in [3.63, 3.8) is 0 Å². The zero-order valence-electron chi connectivity index (χ0n) is 11.0. The first-order chi connectivity index (χ1) is 9.04. The van der Waals surface area contributed by atoms with Gasteiger partial charge in [-0.15, -0.1) is 0 Å². The molecule has 2 atom stereocenters. The smallest absolute Gasteiger partial charge is 0.326 e. The molecular formula is C12H20N2O5. The molecule has 108 valence electrons. The predicted molar refractivity (Wildman–Crippen MR) is 66.4 cm³/mol. The number of ether oxygens (including phenoxy) is 1. The summed E-state index contributed by atoms with van der Waals surface area (Å²) in [5, 5.41) is 14.6. The minimum absolute atomic E-state index is 0.0311. The lowest BCUT2D eigenvalue weighted by atomic mass is 9.98. The van der Waals surface area contributed by atoms with Crippen molar-refractivity contribution in [2.75, 3.05) is 20.2 Å². The van der Waals surface area contributed by atoms with Gasteiger partial charge in [-0.2, -0.15) is 0 Å². The highest BCUT2D eigenvalue weighted by atomic mass is 16.5. The van der Waals surface area contributed by atoms with Crippen molar-refractivity contribution >= 4 is 17.8 Å². The summed E-state index contributed by atoms with van der Waals surface area (Å²) in [6.45, 7) is 1.45. The van der Waals surface area contributed by atoms with Crippen molar-refractivity contribution < 1.29 is 24.2 Å². The van der Waals surface area contributed by atoms with E-state index in [2.05, 4.69) is 15.4 Å². The number of amides is 1. The summed E-state index contributed by atoms with van der Waals surface area (Å²) in [4.78, 5) is 33.9. The van der Waals surface area contributed by atoms with Gasteiger partial charge in [-0.1, -0.05) is 0 Å². The highest BCUT2D eigenvalue weighted by Crippen LogP contribution is 2.11. The maximum absolute atomic E-state index is 11.9. The summed E-state index contributed by atoms with van der Waals surface area (Å²) in [5.74, 6) is -2.10. The third-order valence-electron chi connectivity index (χ3n) is 3.15. The standard InChI is InChI=1S/C12H20N2O5/c1-19-10(15)5-4-9(12(17)18)14-11(16)8-3-2-6-13-7-8/h8-9,13H,2-7H2,1H3,(H,14,16)(H,17,18)/t8-,9+/m0/s1. The molecule has 1 heterocycles. The molecule has 0 aromatic rings. The van der Waals surface area contributed by atoms with Crippen molar-refractivity contribution in [3.05, 3.63) is 0 Å². The van der Waals surface area contributed by atoms with Crippen molar-refractivity contribution in [2.45, 2.75) is 31.7 Å². The first kappa shape index (κ1) is 15.4. The zero-order chi connectivity index (χ0) is 14.3. The van der Waals surface area contributed by atoms with Crippen LogP contribution in [-0.2, 0) is 19.1 Å². The van der Waals surface area contributed by atoms with Gasteiger partial charge in [0, 0.05) is 13.0 Å². The maximum atomic E-state index is 11.9. The number of piperidine rings is 1. The SMILES string of the molecule is COC(=O)CC[C@@H](NC(=O)[C@H]1CCCNC1)C(=O)O. The van der Waals surface area contributed by atoms with E-state index < -0.39 is 18.0 Å². The number of aliphatic carboxylic acids is 1. The van der Waals surface area contributed by atoms with Crippen molar-refractivity contribution in [1.82, 2.24) is 10.6 Å². The van der Waals surface area contributed by atoms with E-state index in [1.54, 1.807) is 0 Å². The average molecular weight is 272 g/mol. The van der Waals surface area contributed by atoms with E-state index in [1.165, 1.54) is 7.11 Å². The lowest BCUT2D eigenvalue weighted by Gasteiger charge is -2.23. The summed E-state index contributed by atoms with van der Waals surface area (Å²) in [5.41, 5.74) is 0. The Bertz CT molecular complexity index is 339. The zero-order valence-corrected chi connectivity index (χ0v) is 11.0. The highest BCUT2D eigenvalue weighted by molar-refractivity contribution is 5.85. The molecule has 7 nitrogen and oxygen atoms in total. The van der Waals surface area contributed by atoms with Crippen molar-refractivity contribution in [3.8, 4) is 0 Å². The van der Waals surface area contributed by atoms with Gasteiger partial charge < -0.3 is 20.5 Å². The maximum Gasteiger partial charge on any atom is 0.326 e. The van der Waals surface area contributed by atoms with Gasteiger partial charge in [0.15, 0.2) is 0 Å². The third kappa shape index (κ3) is 5.25. The van der Waals surface area contributed by atoms with Crippen LogP contribution in [0.25, 0.3) is 0 Å². The Morgan fingerprint density at radius 3 is 2.74 bits per heavy atom. The molecule has 0 spiro atoms. The Morgan fingerprint density at radius 1 is 1.47 bits per heavy atom. The van der Waals surface area contributed by atoms with Crippen molar-refractivity contribution in [1.29, 1.82) is 0 Å². The summed E-state index contributed by atoms with van der Waals surface area (Å²) in [6.07, 6.45) is 1.66. The molecule has 1 rings (SSSR count). The Balaban J connectivity index is 2.45. The number of hydrogen-bond donors (Lipinski definition) is 3. The molecule has 0 aliphatic carbocycles. The van der Waals surface area contributed by atoms with Crippen LogP contribution in [0.15, 0.2) is 0 Å². The molecule has 0 bridgehead atoms. The molecule has 3 N–H and O–H groups in total. The molecule has 0 radical (unpaired) electrons. The van der Waals surface area contributed by atoms with Gasteiger partial charge >= 0.3 is 11.9 Å². The quantitative estimate of drug-likeness (QED) is 0.563. The number of rotatable bonds is 6. The molecule has 1 amide bonds. The molecule has 1 saturated heterocycles. The van der Waals surface area contributed by atoms with Crippen LogP contribution in [0.4, 0.5) is 0 Å². The van der Waals surface area contributed by atoms with Crippen LogP contribution in [0, 0.1) is 5.92 Å². The van der Waals surface area contributed by atoms with Crippen LogP contribution in [0.5, 0.6) is 0 Å². The minimum atomic E-state index is -1.14. The molecule has 0 saturated carbocycles. The van der Waals surface area contributed by atoms with E-state index in [0.717, 1.165) is 19.4 Å². The van der Waals surface area contributed by atoms with Gasteiger partial charge in [0.05, 0.1) is 13.0 Å². The molecule has 0 aromatic carbocycles. The molecule has 7 heteroatoms. The lowest BCUT2D eigenvalue weighted by molar-refractivity contribution is -0.144. The van der Waals surface area contributed by atoms with Crippen LogP contribution in [0.2, 0.25) is 0 Å². The van der Waals surface area contributed by atoms with E-state index in [4.69, 9.17) is 5.11 Å². The summed E-state index contributed by atoms with van der Waals surface area (Å²) in [7, 11) is 1.24. The van der Waals surface area contributed by atoms with Gasteiger partial charge in [-0.25, -0.2) is 4.79 Å². The van der Waals surface area contributed by atoms with E-state index in [9.17, 15) is 14.4 Å². The Labute approximate surface area is 111 Å². The fourth-order valence-electron chi connectivity index (χ4n) is 1.99.